The minimum absolute atomic E-state index is 0.0282. The predicted molar refractivity (Wildman–Crippen MR) is 82.3 cm³/mol. The van der Waals surface area contributed by atoms with E-state index in [-0.39, 0.29) is 24.8 Å². The second-order valence-electron chi connectivity index (χ2n) is 4.99. The van der Waals surface area contributed by atoms with E-state index < -0.39 is 5.97 Å². The Hall–Kier alpha value is -1.49. The molecule has 4 nitrogen and oxygen atoms in total. The average Bonchev–Trinajstić information content (AvgIpc) is 2.38. The van der Waals surface area contributed by atoms with Crippen LogP contribution in [0.5, 0.6) is 0 Å². The van der Waals surface area contributed by atoms with Gasteiger partial charge >= 0.3 is 5.97 Å². The zero-order chi connectivity index (χ0) is 15.1. The molecule has 0 aromatic heterocycles. The smallest absolute Gasteiger partial charge is 0.305 e. The third-order valence-corrected chi connectivity index (χ3v) is 3.52. The molecule has 0 aliphatic rings. The Morgan fingerprint density at radius 3 is 2.60 bits per heavy atom. The summed E-state index contributed by atoms with van der Waals surface area (Å²) in [5, 5.41) is 8.83. The Labute approximate surface area is 124 Å². The highest BCUT2D eigenvalue weighted by Gasteiger charge is 2.18. The molecule has 110 valence electrons. The molecule has 1 N–H and O–H groups in total. The van der Waals surface area contributed by atoms with Crippen LogP contribution in [0.4, 0.5) is 5.69 Å². The summed E-state index contributed by atoms with van der Waals surface area (Å²) in [4.78, 5) is 25.7. The van der Waals surface area contributed by atoms with Crippen LogP contribution in [-0.4, -0.2) is 29.8 Å². The molecule has 5 heteroatoms. The molecule has 0 spiro atoms. The van der Waals surface area contributed by atoms with E-state index in [2.05, 4.69) is 0 Å². The maximum Gasteiger partial charge on any atom is 0.305 e. The molecule has 0 saturated heterocycles. The average molecular weight is 295 g/mol. The number of benzene rings is 1. The molecule has 0 heterocycles. The minimum atomic E-state index is -0.895. The van der Waals surface area contributed by atoms with E-state index in [1.165, 1.54) is 0 Å². The fourth-order valence-corrected chi connectivity index (χ4v) is 2.30. The highest BCUT2D eigenvalue weighted by molar-refractivity contribution is 7.98. The first kappa shape index (κ1) is 16.6. The van der Waals surface area contributed by atoms with Crippen molar-refractivity contribution < 1.29 is 14.7 Å². The van der Waals surface area contributed by atoms with Gasteiger partial charge in [0.1, 0.15) is 0 Å². The van der Waals surface area contributed by atoms with Crippen LogP contribution in [0.15, 0.2) is 29.2 Å². The highest BCUT2D eigenvalue weighted by atomic mass is 32.2. The molecule has 0 fully saturated rings. The van der Waals surface area contributed by atoms with Gasteiger partial charge in [-0.2, -0.15) is 0 Å². The number of carbonyl (C=O) groups excluding carboxylic acids is 1. The predicted octanol–water partition coefficient (Wildman–Crippen LogP) is 3.26. The van der Waals surface area contributed by atoms with Gasteiger partial charge < -0.3 is 10.0 Å². The molecule has 0 saturated carbocycles. The van der Waals surface area contributed by atoms with Crippen molar-refractivity contribution in [1.82, 2.24) is 0 Å². The van der Waals surface area contributed by atoms with Gasteiger partial charge in [0.15, 0.2) is 0 Å². The van der Waals surface area contributed by atoms with Gasteiger partial charge in [-0.1, -0.05) is 19.9 Å². The number of carbonyl (C=O) groups is 2. The summed E-state index contributed by atoms with van der Waals surface area (Å²) in [5.41, 5.74) is 0.767. The molecule has 0 bridgehead atoms. The van der Waals surface area contributed by atoms with Crippen LogP contribution >= 0.6 is 11.8 Å². The molecular weight excluding hydrogens is 274 g/mol. The molecule has 1 amide bonds. The molecule has 0 atom stereocenters. The molecular formula is C15H21NO3S. The van der Waals surface area contributed by atoms with Crippen LogP contribution in [0.25, 0.3) is 0 Å². The molecule has 0 aliphatic carbocycles. The number of anilines is 1. The van der Waals surface area contributed by atoms with Crippen molar-refractivity contribution in [2.24, 2.45) is 5.92 Å². The zero-order valence-corrected chi connectivity index (χ0v) is 12.9. The number of amides is 1. The Morgan fingerprint density at radius 1 is 1.35 bits per heavy atom. The van der Waals surface area contributed by atoms with Crippen molar-refractivity contribution in [3.05, 3.63) is 24.3 Å². The van der Waals surface area contributed by atoms with Gasteiger partial charge in [0.2, 0.25) is 5.91 Å². The molecule has 1 rings (SSSR count). The first-order valence-electron chi connectivity index (χ1n) is 6.60. The largest absolute Gasteiger partial charge is 0.481 e. The summed E-state index contributed by atoms with van der Waals surface area (Å²) in [5.74, 6) is -0.675. The van der Waals surface area contributed by atoms with Crippen LogP contribution < -0.4 is 4.90 Å². The number of rotatable bonds is 7. The molecule has 0 radical (unpaired) electrons. The lowest BCUT2D eigenvalue weighted by molar-refractivity contribution is -0.136. The molecule has 1 aromatic carbocycles. The van der Waals surface area contributed by atoms with E-state index in [1.54, 1.807) is 16.7 Å². The summed E-state index contributed by atoms with van der Waals surface area (Å²) in [6.07, 6.45) is 2.34. The van der Waals surface area contributed by atoms with E-state index in [9.17, 15) is 9.59 Å². The number of carboxylic acid groups (broad SMARTS) is 1. The fraction of sp³-hybridized carbons (Fsp3) is 0.467. The van der Waals surface area contributed by atoms with Crippen molar-refractivity contribution >= 4 is 29.3 Å². The lowest BCUT2D eigenvalue weighted by Gasteiger charge is -2.23. The van der Waals surface area contributed by atoms with Gasteiger partial charge in [0.25, 0.3) is 0 Å². The number of aliphatic carboxylic acids is 1. The van der Waals surface area contributed by atoms with Crippen molar-refractivity contribution in [2.45, 2.75) is 31.6 Å². The lowest BCUT2D eigenvalue weighted by Crippen LogP contribution is -2.33. The Balaban J connectivity index is 2.95. The Kier molecular flexibility index (Phi) is 6.58. The molecule has 20 heavy (non-hydrogen) atoms. The van der Waals surface area contributed by atoms with Crippen LogP contribution in [0, 0.1) is 5.92 Å². The zero-order valence-electron chi connectivity index (χ0n) is 12.1. The van der Waals surface area contributed by atoms with Crippen LogP contribution in [0.2, 0.25) is 0 Å². The first-order valence-corrected chi connectivity index (χ1v) is 7.82. The molecule has 0 aliphatic heterocycles. The van der Waals surface area contributed by atoms with Crippen LogP contribution in [0.1, 0.15) is 26.7 Å². The van der Waals surface area contributed by atoms with E-state index in [4.69, 9.17) is 5.11 Å². The second-order valence-corrected chi connectivity index (χ2v) is 5.87. The molecule has 1 aromatic rings. The van der Waals surface area contributed by atoms with Gasteiger partial charge in [-0.25, -0.2) is 0 Å². The summed E-state index contributed by atoms with van der Waals surface area (Å²) in [6.45, 7) is 4.16. The standard InChI is InChI=1S/C15H21NO3S/c1-11(2)9-14(17)16(8-7-15(18)19)12-5-4-6-13(10-12)20-3/h4-6,10-11H,7-9H2,1-3H3,(H,18,19). The lowest BCUT2D eigenvalue weighted by atomic mass is 10.1. The van der Waals surface area contributed by atoms with Gasteiger partial charge in [0.05, 0.1) is 6.42 Å². The van der Waals surface area contributed by atoms with E-state index in [0.29, 0.717) is 6.42 Å². The number of hydrogen-bond donors (Lipinski definition) is 1. The Morgan fingerprint density at radius 2 is 2.05 bits per heavy atom. The monoisotopic (exact) mass is 295 g/mol. The summed E-state index contributed by atoms with van der Waals surface area (Å²) >= 11 is 1.60. The quantitative estimate of drug-likeness (QED) is 0.784. The van der Waals surface area contributed by atoms with Gasteiger partial charge in [0, 0.05) is 23.5 Å². The van der Waals surface area contributed by atoms with E-state index in [1.807, 2.05) is 44.4 Å². The third-order valence-electron chi connectivity index (χ3n) is 2.80. The molecule has 0 unspecified atom stereocenters. The van der Waals surface area contributed by atoms with Crippen molar-refractivity contribution in [3.8, 4) is 0 Å². The first-order chi connectivity index (χ1) is 9.43. The number of nitrogens with zero attached hydrogens (tertiary/aromatic N) is 1. The van der Waals surface area contributed by atoms with Crippen LogP contribution in [0.3, 0.4) is 0 Å². The topological polar surface area (TPSA) is 57.6 Å². The second kappa shape index (κ2) is 7.94. The Bertz CT molecular complexity index is 474. The SMILES string of the molecule is CSc1cccc(N(CCC(=O)O)C(=O)CC(C)C)c1. The fourth-order valence-electron chi connectivity index (χ4n) is 1.84. The van der Waals surface area contributed by atoms with Crippen molar-refractivity contribution in [3.63, 3.8) is 0 Å². The third kappa shape index (κ3) is 5.25. The maximum absolute atomic E-state index is 12.3. The van der Waals surface area contributed by atoms with E-state index in [0.717, 1.165) is 10.6 Å². The van der Waals surface area contributed by atoms with E-state index >= 15 is 0 Å². The summed E-state index contributed by atoms with van der Waals surface area (Å²) in [6, 6.07) is 7.62. The highest BCUT2D eigenvalue weighted by Crippen LogP contribution is 2.23. The van der Waals surface area contributed by atoms with Crippen molar-refractivity contribution in [1.29, 1.82) is 0 Å². The maximum atomic E-state index is 12.3. The normalized spacial score (nSPS) is 10.6. The van der Waals surface area contributed by atoms with Gasteiger partial charge in [-0.3, -0.25) is 9.59 Å². The minimum Gasteiger partial charge on any atom is -0.481 e. The summed E-state index contributed by atoms with van der Waals surface area (Å²) in [7, 11) is 0. The number of hydrogen-bond acceptors (Lipinski definition) is 3. The van der Waals surface area contributed by atoms with Crippen LogP contribution in [-0.2, 0) is 9.59 Å². The van der Waals surface area contributed by atoms with Gasteiger partial charge in [-0.05, 0) is 30.4 Å². The van der Waals surface area contributed by atoms with Crippen molar-refractivity contribution in [2.75, 3.05) is 17.7 Å². The number of carboxylic acids is 1. The van der Waals surface area contributed by atoms with Gasteiger partial charge in [-0.15, -0.1) is 11.8 Å². The summed E-state index contributed by atoms with van der Waals surface area (Å²) < 4.78 is 0. The number of thioether (sulfide) groups is 1.